The maximum atomic E-state index is 7.00. The SMILES string of the molecule is c1ccc(-c2ccc(N(c3ccc(-c4cccc5ccccc45)cc3)c3cccc4c3oc3c(-c5ccccc5)cccc34)cc2-c2ccccc2)cc1. The van der Waals surface area contributed by atoms with E-state index in [9.17, 15) is 0 Å². The molecular formula is C52H35NO. The van der Waals surface area contributed by atoms with E-state index in [0.717, 1.165) is 50.1 Å². The Hall–Kier alpha value is -7.16. The third-order valence-electron chi connectivity index (χ3n) is 10.5. The highest BCUT2D eigenvalue weighted by Gasteiger charge is 2.22. The first kappa shape index (κ1) is 31.6. The summed E-state index contributed by atoms with van der Waals surface area (Å²) in [7, 11) is 0. The zero-order valence-corrected chi connectivity index (χ0v) is 29.6. The summed E-state index contributed by atoms with van der Waals surface area (Å²) in [5, 5.41) is 4.67. The van der Waals surface area contributed by atoms with Crippen LogP contribution in [-0.4, -0.2) is 0 Å². The van der Waals surface area contributed by atoms with Gasteiger partial charge in [0.15, 0.2) is 5.58 Å². The molecule has 0 unspecified atom stereocenters. The summed E-state index contributed by atoms with van der Waals surface area (Å²) in [4.78, 5) is 2.35. The molecule has 0 amide bonds. The Bertz CT molecular complexity index is 2910. The topological polar surface area (TPSA) is 16.4 Å². The second-order valence-electron chi connectivity index (χ2n) is 13.7. The Balaban J connectivity index is 1.20. The van der Waals surface area contributed by atoms with Crippen molar-refractivity contribution in [2.24, 2.45) is 0 Å². The van der Waals surface area contributed by atoms with Gasteiger partial charge in [0.25, 0.3) is 0 Å². The van der Waals surface area contributed by atoms with Crippen LogP contribution in [0.3, 0.4) is 0 Å². The van der Waals surface area contributed by atoms with Crippen LogP contribution in [0.15, 0.2) is 217 Å². The summed E-state index contributed by atoms with van der Waals surface area (Å²) < 4.78 is 7.00. The van der Waals surface area contributed by atoms with Gasteiger partial charge < -0.3 is 9.32 Å². The Labute approximate surface area is 314 Å². The van der Waals surface area contributed by atoms with E-state index in [4.69, 9.17) is 4.42 Å². The van der Waals surface area contributed by atoms with Gasteiger partial charge in [0, 0.05) is 27.7 Å². The first-order chi connectivity index (χ1) is 26.8. The molecule has 10 aromatic rings. The summed E-state index contributed by atoms with van der Waals surface area (Å²) in [6, 6.07) is 75.7. The standard InChI is InChI=1S/C52H35NO/c1-4-15-36(16-5-1)45-34-33-42(35-49(45)39-19-8-3-9-20-39)53(41-31-29-40(30-32-41)44-24-12-22-37-21-10-11-23-43(37)44)50-28-14-27-48-47-26-13-25-46(51(47)54-52(48)50)38-17-6-2-7-18-38/h1-35H. The number of para-hydroxylation sites is 2. The van der Waals surface area contributed by atoms with E-state index in [2.05, 4.69) is 217 Å². The molecule has 0 atom stereocenters. The van der Waals surface area contributed by atoms with Crippen LogP contribution >= 0.6 is 0 Å². The molecule has 0 bridgehead atoms. The first-order valence-electron chi connectivity index (χ1n) is 18.4. The molecule has 254 valence electrons. The van der Waals surface area contributed by atoms with E-state index < -0.39 is 0 Å². The van der Waals surface area contributed by atoms with Crippen LogP contribution in [0.25, 0.3) is 77.2 Å². The molecule has 0 saturated carbocycles. The molecule has 0 aliphatic carbocycles. The monoisotopic (exact) mass is 689 g/mol. The minimum absolute atomic E-state index is 0.849. The molecule has 2 nitrogen and oxygen atoms in total. The van der Waals surface area contributed by atoms with Crippen LogP contribution in [0.1, 0.15) is 0 Å². The molecule has 1 heterocycles. The molecule has 0 saturated heterocycles. The molecule has 10 rings (SSSR count). The van der Waals surface area contributed by atoms with Gasteiger partial charge in [0.05, 0.1) is 5.69 Å². The molecule has 0 N–H and O–H groups in total. The van der Waals surface area contributed by atoms with Crippen molar-refractivity contribution in [2.45, 2.75) is 0 Å². The average Bonchev–Trinajstić information content (AvgIpc) is 3.65. The summed E-state index contributed by atoms with van der Waals surface area (Å²) in [5.41, 5.74) is 14.1. The lowest BCUT2D eigenvalue weighted by Gasteiger charge is -2.27. The van der Waals surface area contributed by atoms with Crippen LogP contribution < -0.4 is 4.90 Å². The summed E-state index contributed by atoms with van der Waals surface area (Å²) in [6.45, 7) is 0. The highest BCUT2D eigenvalue weighted by molar-refractivity contribution is 6.13. The molecule has 0 spiro atoms. The van der Waals surface area contributed by atoms with E-state index in [1.165, 1.54) is 44.2 Å². The van der Waals surface area contributed by atoms with Crippen LogP contribution in [0.5, 0.6) is 0 Å². The zero-order chi connectivity index (χ0) is 35.8. The van der Waals surface area contributed by atoms with E-state index in [0.29, 0.717) is 0 Å². The van der Waals surface area contributed by atoms with E-state index >= 15 is 0 Å². The fourth-order valence-electron chi connectivity index (χ4n) is 7.92. The van der Waals surface area contributed by atoms with E-state index in [-0.39, 0.29) is 0 Å². The minimum atomic E-state index is 0.849. The van der Waals surface area contributed by atoms with E-state index in [1.54, 1.807) is 0 Å². The zero-order valence-electron chi connectivity index (χ0n) is 29.6. The quantitative estimate of drug-likeness (QED) is 0.166. The predicted octanol–water partition coefficient (Wildman–Crippen LogP) is 14.9. The highest BCUT2D eigenvalue weighted by atomic mass is 16.3. The summed E-state index contributed by atoms with van der Waals surface area (Å²) in [6.07, 6.45) is 0. The molecule has 2 heteroatoms. The summed E-state index contributed by atoms with van der Waals surface area (Å²) >= 11 is 0. The Morgan fingerprint density at radius 1 is 0.296 bits per heavy atom. The summed E-state index contributed by atoms with van der Waals surface area (Å²) in [5.74, 6) is 0. The van der Waals surface area contributed by atoms with Gasteiger partial charge in [-0.25, -0.2) is 0 Å². The maximum Gasteiger partial charge on any atom is 0.159 e. The van der Waals surface area contributed by atoms with Crippen LogP contribution in [0.2, 0.25) is 0 Å². The predicted molar refractivity (Wildman–Crippen MR) is 228 cm³/mol. The van der Waals surface area contributed by atoms with Crippen molar-refractivity contribution in [3.05, 3.63) is 212 Å². The molecule has 1 aromatic heterocycles. The van der Waals surface area contributed by atoms with Crippen molar-refractivity contribution in [2.75, 3.05) is 4.90 Å². The largest absolute Gasteiger partial charge is 0.453 e. The lowest BCUT2D eigenvalue weighted by Crippen LogP contribution is -2.10. The van der Waals surface area contributed by atoms with Crippen molar-refractivity contribution < 1.29 is 4.42 Å². The third kappa shape index (κ3) is 5.53. The Morgan fingerprint density at radius 3 is 1.52 bits per heavy atom. The van der Waals surface area contributed by atoms with Gasteiger partial charge in [0.2, 0.25) is 0 Å². The third-order valence-corrected chi connectivity index (χ3v) is 10.5. The van der Waals surface area contributed by atoms with Crippen molar-refractivity contribution in [1.82, 2.24) is 0 Å². The number of furan rings is 1. The number of benzene rings is 9. The van der Waals surface area contributed by atoms with Gasteiger partial charge in [-0.3, -0.25) is 0 Å². The van der Waals surface area contributed by atoms with Crippen LogP contribution in [0, 0.1) is 0 Å². The first-order valence-corrected chi connectivity index (χ1v) is 18.4. The number of hydrogen-bond acceptors (Lipinski definition) is 2. The van der Waals surface area contributed by atoms with Crippen LogP contribution in [0.4, 0.5) is 17.1 Å². The molecule has 0 aliphatic rings. The van der Waals surface area contributed by atoms with Crippen molar-refractivity contribution in [1.29, 1.82) is 0 Å². The van der Waals surface area contributed by atoms with Crippen molar-refractivity contribution in [3.8, 4) is 44.5 Å². The molecule has 9 aromatic carbocycles. The molecule has 54 heavy (non-hydrogen) atoms. The fraction of sp³-hybridized carbons (Fsp3) is 0. The lowest BCUT2D eigenvalue weighted by molar-refractivity contribution is 0.670. The van der Waals surface area contributed by atoms with Crippen molar-refractivity contribution in [3.63, 3.8) is 0 Å². The minimum Gasteiger partial charge on any atom is -0.453 e. The van der Waals surface area contributed by atoms with Gasteiger partial charge in [-0.15, -0.1) is 0 Å². The molecular weight excluding hydrogens is 655 g/mol. The number of anilines is 3. The van der Waals surface area contributed by atoms with Gasteiger partial charge >= 0.3 is 0 Å². The van der Waals surface area contributed by atoms with Gasteiger partial charge in [0.1, 0.15) is 5.58 Å². The molecule has 0 radical (unpaired) electrons. The second kappa shape index (κ2) is 13.4. The number of rotatable bonds is 7. The van der Waals surface area contributed by atoms with Gasteiger partial charge in [-0.05, 0) is 80.0 Å². The van der Waals surface area contributed by atoms with Gasteiger partial charge in [-0.1, -0.05) is 182 Å². The number of hydrogen-bond donors (Lipinski definition) is 0. The van der Waals surface area contributed by atoms with Crippen molar-refractivity contribution >= 4 is 49.8 Å². The second-order valence-corrected chi connectivity index (χ2v) is 13.7. The number of fused-ring (bicyclic) bond motifs is 4. The fourth-order valence-corrected chi connectivity index (χ4v) is 7.92. The lowest BCUT2D eigenvalue weighted by atomic mass is 9.93. The smallest absolute Gasteiger partial charge is 0.159 e. The maximum absolute atomic E-state index is 7.00. The Kier molecular flexibility index (Phi) is 7.85. The Morgan fingerprint density at radius 2 is 0.796 bits per heavy atom. The molecule has 0 aliphatic heterocycles. The molecule has 0 fully saturated rings. The number of nitrogens with zero attached hydrogens (tertiary/aromatic N) is 1. The average molecular weight is 690 g/mol. The highest BCUT2D eigenvalue weighted by Crippen LogP contribution is 2.46. The van der Waals surface area contributed by atoms with Crippen LogP contribution in [-0.2, 0) is 0 Å². The van der Waals surface area contributed by atoms with Gasteiger partial charge in [-0.2, -0.15) is 0 Å². The normalized spacial score (nSPS) is 11.3. The van der Waals surface area contributed by atoms with E-state index in [1.807, 2.05) is 0 Å².